The number of anilines is 2. The van der Waals surface area contributed by atoms with Crippen LogP contribution in [0, 0.1) is 6.92 Å². The lowest BCUT2D eigenvalue weighted by Crippen LogP contribution is -2.19. The molecule has 1 aromatic carbocycles. The molecule has 7 heteroatoms. The van der Waals surface area contributed by atoms with Crippen LogP contribution in [0.2, 0.25) is 0 Å². The number of carbonyl (C=O) groups excluding carboxylic acids is 1. The van der Waals surface area contributed by atoms with Crippen molar-refractivity contribution in [3.05, 3.63) is 60.9 Å². The maximum Gasteiger partial charge on any atom is 0.323 e. The summed E-state index contributed by atoms with van der Waals surface area (Å²) in [5.41, 5.74) is 2.36. The number of nitrogens with zero attached hydrogens (tertiary/aromatic N) is 4. The summed E-state index contributed by atoms with van der Waals surface area (Å²) in [7, 11) is 0. The fourth-order valence-corrected chi connectivity index (χ4v) is 1.83. The Morgan fingerprint density at radius 3 is 2.36 bits per heavy atom. The van der Waals surface area contributed by atoms with Gasteiger partial charge in [-0.15, -0.1) is 0 Å². The van der Waals surface area contributed by atoms with Gasteiger partial charge in [-0.05, 0) is 19.1 Å². The molecule has 3 rings (SSSR count). The van der Waals surface area contributed by atoms with E-state index in [-0.39, 0.29) is 6.03 Å². The first kappa shape index (κ1) is 13.7. The van der Waals surface area contributed by atoms with Gasteiger partial charge < -0.3 is 10.6 Å². The molecule has 0 radical (unpaired) electrons. The summed E-state index contributed by atoms with van der Waals surface area (Å²) >= 11 is 0. The first-order chi connectivity index (χ1) is 10.7. The highest BCUT2D eigenvalue weighted by Crippen LogP contribution is 2.10. The van der Waals surface area contributed by atoms with Crippen molar-refractivity contribution >= 4 is 17.4 Å². The van der Waals surface area contributed by atoms with Crippen LogP contribution in [0.25, 0.3) is 5.95 Å². The first-order valence-electron chi connectivity index (χ1n) is 6.66. The van der Waals surface area contributed by atoms with Crippen molar-refractivity contribution in [1.82, 2.24) is 19.5 Å². The lowest BCUT2D eigenvalue weighted by atomic mass is 10.2. The molecular formula is C15H14N6O. The molecule has 0 atom stereocenters. The molecule has 2 heterocycles. The smallest absolute Gasteiger partial charge is 0.308 e. The van der Waals surface area contributed by atoms with Crippen LogP contribution >= 0.6 is 0 Å². The van der Waals surface area contributed by atoms with E-state index in [9.17, 15) is 4.79 Å². The summed E-state index contributed by atoms with van der Waals surface area (Å²) < 4.78 is 1.68. The minimum absolute atomic E-state index is 0.345. The number of carbonyl (C=O) groups is 1. The van der Waals surface area contributed by atoms with Crippen LogP contribution in [0.15, 0.2) is 55.4 Å². The van der Waals surface area contributed by atoms with E-state index in [2.05, 4.69) is 25.6 Å². The van der Waals surface area contributed by atoms with Gasteiger partial charge in [0.25, 0.3) is 0 Å². The fourth-order valence-electron chi connectivity index (χ4n) is 1.83. The molecule has 2 amide bonds. The predicted molar refractivity (Wildman–Crippen MR) is 83.0 cm³/mol. The van der Waals surface area contributed by atoms with Crippen molar-refractivity contribution in [2.45, 2.75) is 6.92 Å². The van der Waals surface area contributed by atoms with Gasteiger partial charge in [-0.25, -0.2) is 19.7 Å². The van der Waals surface area contributed by atoms with Gasteiger partial charge in [-0.3, -0.25) is 4.57 Å². The average molecular weight is 294 g/mol. The number of nitrogens with one attached hydrogen (secondary N) is 2. The third kappa shape index (κ3) is 3.26. The molecule has 110 valence electrons. The van der Waals surface area contributed by atoms with Gasteiger partial charge in [0.05, 0.1) is 18.1 Å². The minimum atomic E-state index is -0.345. The summed E-state index contributed by atoms with van der Waals surface area (Å²) in [6, 6.07) is 7.20. The Morgan fingerprint density at radius 1 is 1.05 bits per heavy atom. The van der Waals surface area contributed by atoms with Gasteiger partial charge in [0.2, 0.25) is 5.95 Å². The monoisotopic (exact) mass is 294 g/mol. The van der Waals surface area contributed by atoms with Crippen LogP contribution in [0.4, 0.5) is 16.2 Å². The van der Waals surface area contributed by atoms with Gasteiger partial charge in [-0.1, -0.05) is 17.7 Å². The second kappa shape index (κ2) is 6.04. The fraction of sp³-hybridized carbons (Fsp3) is 0.0667. The molecule has 0 aliphatic rings. The summed E-state index contributed by atoms with van der Waals surface area (Å²) in [6.45, 7) is 1.99. The van der Waals surface area contributed by atoms with Crippen LogP contribution < -0.4 is 10.6 Å². The Balaban J connectivity index is 1.63. The maximum absolute atomic E-state index is 11.9. The van der Waals surface area contributed by atoms with Crippen LogP contribution in [0.3, 0.4) is 0 Å². The van der Waals surface area contributed by atoms with Crippen LogP contribution in [0.5, 0.6) is 0 Å². The molecule has 0 bridgehead atoms. The molecular weight excluding hydrogens is 280 g/mol. The van der Waals surface area contributed by atoms with Gasteiger partial charge in [0, 0.05) is 18.1 Å². The van der Waals surface area contributed by atoms with Gasteiger partial charge in [-0.2, -0.15) is 0 Å². The number of imidazole rings is 1. The Morgan fingerprint density at radius 2 is 1.73 bits per heavy atom. The molecule has 0 fully saturated rings. The van der Waals surface area contributed by atoms with Gasteiger partial charge >= 0.3 is 6.03 Å². The molecule has 2 N–H and O–H groups in total. The Hall–Kier alpha value is -3.22. The van der Waals surface area contributed by atoms with Crippen LogP contribution in [-0.4, -0.2) is 25.6 Å². The summed E-state index contributed by atoms with van der Waals surface area (Å²) in [4.78, 5) is 24.1. The van der Waals surface area contributed by atoms with Crippen molar-refractivity contribution in [1.29, 1.82) is 0 Å². The number of benzene rings is 1. The van der Waals surface area contributed by atoms with E-state index in [1.807, 2.05) is 31.2 Å². The minimum Gasteiger partial charge on any atom is -0.308 e. The normalized spacial score (nSPS) is 10.2. The molecule has 7 nitrogen and oxygen atoms in total. The van der Waals surface area contributed by atoms with Crippen LogP contribution in [-0.2, 0) is 0 Å². The van der Waals surface area contributed by atoms with Crippen molar-refractivity contribution in [3.63, 3.8) is 0 Å². The van der Waals surface area contributed by atoms with E-state index in [4.69, 9.17) is 0 Å². The zero-order chi connectivity index (χ0) is 15.4. The van der Waals surface area contributed by atoms with Crippen molar-refractivity contribution in [2.24, 2.45) is 0 Å². The van der Waals surface area contributed by atoms with Gasteiger partial charge in [0.15, 0.2) is 0 Å². The van der Waals surface area contributed by atoms with E-state index < -0.39 is 0 Å². The lowest BCUT2D eigenvalue weighted by Gasteiger charge is -2.08. The quantitative estimate of drug-likeness (QED) is 0.777. The molecule has 2 aromatic heterocycles. The SMILES string of the molecule is Cc1ccc(NC(=O)Nc2cnc(-n3ccnc3)nc2)cc1. The molecule has 0 spiro atoms. The van der Waals surface area contributed by atoms with E-state index in [0.717, 1.165) is 11.3 Å². The van der Waals surface area contributed by atoms with Crippen molar-refractivity contribution in [3.8, 4) is 5.95 Å². The average Bonchev–Trinajstić information content (AvgIpc) is 3.05. The topological polar surface area (TPSA) is 84.7 Å². The number of hydrogen-bond donors (Lipinski definition) is 2. The van der Waals surface area contributed by atoms with Crippen LogP contribution in [0.1, 0.15) is 5.56 Å². The summed E-state index contributed by atoms with van der Waals surface area (Å²) in [5.74, 6) is 0.488. The highest BCUT2D eigenvalue weighted by Gasteiger charge is 2.04. The Labute approximate surface area is 127 Å². The highest BCUT2D eigenvalue weighted by molar-refractivity contribution is 5.99. The molecule has 0 aliphatic heterocycles. The maximum atomic E-state index is 11.9. The van der Waals surface area contributed by atoms with Gasteiger partial charge in [0.1, 0.15) is 6.33 Å². The number of hydrogen-bond acceptors (Lipinski definition) is 4. The standard InChI is InChI=1S/C15H14N6O/c1-11-2-4-12(5-3-11)19-15(22)20-13-8-17-14(18-9-13)21-7-6-16-10-21/h2-10H,1H3,(H2,19,20,22). The van der Waals surface area contributed by atoms with E-state index in [0.29, 0.717) is 11.6 Å². The highest BCUT2D eigenvalue weighted by atomic mass is 16.2. The molecule has 0 saturated heterocycles. The molecule has 3 aromatic rings. The Kier molecular flexibility index (Phi) is 3.78. The summed E-state index contributed by atoms with van der Waals surface area (Å²) in [5, 5.41) is 5.42. The summed E-state index contributed by atoms with van der Waals surface area (Å²) in [6.07, 6.45) is 8.07. The van der Waals surface area contributed by atoms with E-state index in [1.165, 1.54) is 12.4 Å². The predicted octanol–water partition coefficient (Wildman–Crippen LogP) is 2.61. The lowest BCUT2D eigenvalue weighted by molar-refractivity contribution is 0.262. The largest absolute Gasteiger partial charge is 0.323 e. The number of aryl methyl sites for hydroxylation is 1. The molecule has 0 aliphatic carbocycles. The van der Waals surface area contributed by atoms with Crippen molar-refractivity contribution < 1.29 is 4.79 Å². The second-order valence-corrected chi connectivity index (χ2v) is 4.69. The third-order valence-electron chi connectivity index (χ3n) is 2.94. The third-order valence-corrected chi connectivity index (χ3v) is 2.94. The molecule has 0 unspecified atom stereocenters. The number of urea groups is 1. The zero-order valence-corrected chi connectivity index (χ0v) is 11.9. The number of rotatable bonds is 3. The van der Waals surface area contributed by atoms with E-state index >= 15 is 0 Å². The second-order valence-electron chi connectivity index (χ2n) is 4.69. The zero-order valence-electron chi connectivity index (χ0n) is 11.9. The number of amides is 2. The number of aromatic nitrogens is 4. The molecule has 22 heavy (non-hydrogen) atoms. The van der Waals surface area contributed by atoms with Crippen molar-refractivity contribution in [2.75, 3.05) is 10.6 Å². The molecule has 0 saturated carbocycles. The van der Waals surface area contributed by atoms with E-state index in [1.54, 1.807) is 23.3 Å². The first-order valence-corrected chi connectivity index (χ1v) is 6.66. The Bertz CT molecular complexity index is 750.